The summed E-state index contributed by atoms with van der Waals surface area (Å²) < 4.78 is 24.0. The number of Topliss-reactive ketones (excluding diaryl/α,β-unsaturated/α-hetero) is 1. The number of benzene rings is 2. The zero-order valence-corrected chi connectivity index (χ0v) is 15.2. The minimum Gasteiger partial charge on any atom is -0.493 e. The van der Waals surface area contributed by atoms with Gasteiger partial charge in [-0.2, -0.15) is 0 Å². The number of methoxy groups -OCH3 is 1. The Morgan fingerprint density at radius 3 is 2.70 bits per heavy atom. The number of para-hydroxylation sites is 1. The van der Waals surface area contributed by atoms with E-state index in [0.717, 1.165) is 17.7 Å². The van der Waals surface area contributed by atoms with Crippen LogP contribution in [0.25, 0.3) is 0 Å². The van der Waals surface area contributed by atoms with Crippen LogP contribution < -0.4 is 14.8 Å². The van der Waals surface area contributed by atoms with Crippen molar-refractivity contribution in [3.05, 3.63) is 59.4 Å². The first-order chi connectivity index (χ1) is 13.1. The average molecular weight is 371 g/mol. The molecule has 1 aliphatic rings. The summed E-state index contributed by atoms with van der Waals surface area (Å²) >= 11 is 0. The number of nitrogens with one attached hydrogen (secondary N) is 1. The molecule has 1 amide bonds. The van der Waals surface area contributed by atoms with Gasteiger partial charge in [0.1, 0.15) is 5.82 Å². The lowest BCUT2D eigenvalue weighted by Gasteiger charge is -2.26. The zero-order valence-electron chi connectivity index (χ0n) is 15.2. The summed E-state index contributed by atoms with van der Waals surface area (Å²) in [6.45, 7) is 0.988. The molecule has 0 fully saturated rings. The maximum atomic E-state index is 12.9. The predicted octanol–water partition coefficient (Wildman–Crippen LogP) is 3.16. The molecule has 0 saturated heterocycles. The number of carbonyl (C=O) groups is 2. The molecule has 6 heteroatoms. The van der Waals surface area contributed by atoms with Crippen LogP contribution in [0.3, 0.4) is 0 Å². The van der Waals surface area contributed by atoms with Crippen LogP contribution in [0, 0.1) is 11.7 Å². The molecular weight excluding hydrogens is 349 g/mol. The Kier molecular flexibility index (Phi) is 6.06. The molecule has 0 aromatic heterocycles. The van der Waals surface area contributed by atoms with Crippen LogP contribution >= 0.6 is 0 Å². The number of carbonyl (C=O) groups excluding carboxylic acids is 2. The summed E-state index contributed by atoms with van der Waals surface area (Å²) in [6.07, 6.45) is 0.994. The fourth-order valence-corrected chi connectivity index (χ4v) is 3.10. The average Bonchev–Trinajstić information content (AvgIpc) is 2.70. The van der Waals surface area contributed by atoms with Gasteiger partial charge in [0.2, 0.25) is 5.91 Å². The molecule has 142 valence electrons. The Bertz CT molecular complexity index is 819. The van der Waals surface area contributed by atoms with Gasteiger partial charge < -0.3 is 14.8 Å². The number of hydrogen-bond acceptors (Lipinski definition) is 4. The van der Waals surface area contributed by atoms with Crippen LogP contribution in [0.5, 0.6) is 11.5 Å². The molecule has 1 atom stereocenters. The maximum Gasteiger partial charge on any atom is 0.220 e. The smallest absolute Gasteiger partial charge is 0.220 e. The van der Waals surface area contributed by atoms with Crippen LogP contribution in [-0.2, 0) is 11.2 Å². The lowest BCUT2D eigenvalue weighted by Crippen LogP contribution is -2.35. The molecule has 0 saturated carbocycles. The Morgan fingerprint density at radius 2 is 1.96 bits per heavy atom. The van der Waals surface area contributed by atoms with E-state index in [4.69, 9.17) is 9.47 Å². The van der Waals surface area contributed by atoms with E-state index in [-0.39, 0.29) is 30.4 Å². The standard InChI is InChI=1S/C21H22FNO4/c1-26-19-4-2-3-16-11-14(13-27-21(16)19)12-23-20(25)10-9-18(24)15-5-7-17(22)8-6-15/h2-8,14H,9-13H2,1H3,(H,23,25). The molecule has 0 radical (unpaired) electrons. The summed E-state index contributed by atoms with van der Waals surface area (Å²) in [4.78, 5) is 24.1. The van der Waals surface area contributed by atoms with E-state index in [0.29, 0.717) is 24.5 Å². The zero-order chi connectivity index (χ0) is 19.2. The van der Waals surface area contributed by atoms with Crippen molar-refractivity contribution in [1.29, 1.82) is 0 Å². The number of ether oxygens (including phenoxy) is 2. The van der Waals surface area contributed by atoms with Crippen molar-refractivity contribution in [2.45, 2.75) is 19.3 Å². The second-order valence-electron chi connectivity index (χ2n) is 6.56. The number of fused-ring (bicyclic) bond motifs is 1. The van der Waals surface area contributed by atoms with Gasteiger partial charge in [-0.25, -0.2) is 4.39 Å². The fraction of sp³-hybridized carbons (Fsp3) is 0.333. The lowest BCUT2D eigenvalue weighted by molar-refractivity contribution is -0.121. The van der Waals surface area contributed by atoms with Crippen molar-refractivity contribution in [3.63, 3.8) is 0 Å². The van der Waals surface area contributed by atoms with E-state index >= 15 is 0 Å². The first-order valence-electron chi connectivity index (χ1n) is 8.91. The fourth-order valence-electron chi connectivity index (χ4n) is 3.10. The number of ketones is 1. The number of rotatable bonds is 7. The first-order valence-corrected chi connectivity index (χ1v) is 8.91. The third-order valence-electron chi connectivity index (χ3n) is 4.59. The van der Waals surface area contributed by atoms with Gasteiger partial charge in [-0.1, -0.05) is 12.1 Å². The minimum absolute atomic E-state index is 0.0959. The van der Waals surface area contributed by atoms with Gasteiger partial charge >= 0.3 is 0 Å². The Hall–Kier alpha value is -2.89. The molecule has 3 rings (SSSR count). The molecule has 2 aromatic carbocycles. The Morgan fingerprint density at radius 1 is 1.19 bits per heavy atom. The van der Waals surface area contributed by atoms with Gasteiger partial charge in [0.05, 0.1) is 13.7 Å². The van der Waals surface area contributed by atoms with Crippen LogP contribution in [0.1, 0.15) is 28.8 Å². The van der Waals surface area contributed by atoms with E-state index in [9.17, 15) is 14.0 Å². The van der Waals surface area contributed by atoms with Gasteiger partial charge in [-0.05, 0) is 42.3 Å². The number of hydrogen-bond donors (Lipinski definition) is 1. The predicted molar refractivity (Wildman–Crippen MR) is 98.7 cm³/mol. The lowest BCUT2D eigenvalue weighted by atomic mass is 9.96. The summed E-state index contributed by atoms with van der Waals surface area (Å²) in [5, 5.41) is 2.87. The minimum atomic E-state index is -0.391. The Labute approximate surface area is 157 Å². The van der Waals surface area contributed by atoms with Crippen LogP contribution in [0.15, 0.2) is 42.5 Å². The van der Waals surface area contributed by atoms with Crippen molar-refractivity contribution in [3.8, 4) is 11.5 Å². The molecular formula is C21H22FNO4. The Balaban J connectivity index is 1.44. The topological polar surface area (TPSA) is 64.6 Å². The number of amides is 1. The second kappa shape index (κ2) is 8.66. The molecule has 1 heterocycles. The van der Waals surface area contributed by atoms with Crippen molar-refractivity contribution >= 4 is 11.7 Å². The van der Waals surface area contributed by atoms with Gasteiger partial charge in [0.15, 0.2) is 17.3 Å². The number of halogens is 1. The quantitative estimate of drug-likeness (QED) is 0.760. The van der Waals surface area contributed by atoms with E-state index < -0.39 is 5.82 Å². The van der Waals surface area contributed by atoms with E-state index in [1.54, 1.807) is 7.11 Å². The van der Waals surface area contributed by atoms with Crippen molar-refractivity contribution in [2.75, 3.05) is 20.3 Å². The van der Waals surface area contributed by atoms with Gasteiger partial charge in [-0.15, -0.1) is 0 Å². The van der Waals surface area contributed by atoms with Crippen LogP contribution in [0.4, 0.5) is 4.39 Å². The largest absolute Gasteiger partial charge is 0.493 e. The monoisotopic (exact) mass is 371 g/mol. The highest BCUT2D eigenvalue weighted by Gasteiger charge is 2.23. The summed E-state index contributed by atoms with van der Waals surface area (Å²) in [5.74, 6) is 0.912. The summed E-state index contributed by atoms with van der Waals surface area (Å²) in [6, 6.07) is 11.1. The van der Waals surface area contributed by atoms with E-state index in [1.807, 2.05) is 18.2 Å². The van der Waals surface area contributed by atoms with E-state index in [1.165, 1.54) is 24.3 Å². The van der Waals surface area contributed by atoms with Crippen LogP contribution in [-0.4, -0.2) is 32.0 Å². The van der Waals surface area contributed by atoms with Crippen molar-refractivity contribution in [2.24, 2.45) is 5.92 Å². The summed E-state index contributed by atoms with van der Waals surface area (Å²) in [5.41, 5.74) is 1.47. The maximum absolute atomic E-state index is 12.9. The normalized spacial score (nSPS) is 15.4. The van der Waals surface area contributed by atoms with Crippen molar-refractivity contribution < 1.29 is 23.5 Å². The molecule has 5 nitrogen and oxygen atoms in total. The van der Waals surface area contributed by atoms with Crippen molar-refractivity contribution in [1.82, 2.24) is 5.32 Å². The molecule has 0 aliphatic carbocycles. The molecule has 27 heavy (non-hydrogen) atoms. The molecule has 0 spiro atoms. The molecule has 1 aliphatic heterocycles. The third kappa shape index (κ3) is 4.84. The molecule has 1 N–H and O–H groups in total. The highest BCUT2D eigenvalue weighted by Crippen LogP contribution is 2.35. The van der Waals surface area contributed by atoms with Gasteiger partial charge in [0.25, 0.3) is 0 Å². The SMILES string of the molecule is COc1cccc2c1OCC(CNC(=O)CCC(=O)c1ccc(F)cc1)C2. The highest BCUT2D eigenvalue weighted by atomic mass is 19.1. The van der Waals surface area contributed by atoms with Crippen LogP contribution in [0.2, 0.25) is 0 Å². The third-order valence-corrected chi connectivity index (χ3v) is 4.59. The highest BCUT2D eigenvalue weighted by molar-refractivity contribution is 5.97. The second-order valence-corrected chi connectivity index (χ2v) is 6.56. The summed E-state index contributed by atoms with van der Waals surface area (Å²) in [7, 11) is 1.61. The first kappa shape index (κ1) is 18.9. The molecule has 0 bridgehead atoms. The molecule has 2 aromatic rings. The molecule has 1 unspecified atom stereocenters. The van der Waals surface area contributed by atoms with Gasteiger partial charge in [-0.3, -0.25) is 9.59 Å². The van der Waals surface area contributed by atoms with E-state index in [2.05, 4.69) is 5.32 Å². The van der Waals surface area contributed by atoms with Gasteiger partial charge in [0, 0.05) is 30.9 Å².